The fourth-order valence-electron chi connectivity index (χ4n) is 4.18. The summed E-state index contributed by atoms with van der Waals surface area (Å²) in [7, 11) is 0. The summed E-state index contributed by atoms with van der Waals surface area (Å²) in [5, 5.41) is 31.7. The number of nitrogens with two attached hydrogens (primary N) is 1. The van der Waals surface area contributed by atoms with Crippen LogP contribution in [0.15, 0.2) is 18.3 Å². The van der Waals surface area contributed by atoms with Gasteiger partial charge in [-0.05, 0) is 37.8 Å². The van der Waals surface area contributed by atoms with Gasteiger partial charge in [-0.1, -0.05) is 0 Å². The minimum absolute atomic E-state index is 0.00649. The molecule has 1 saturated heterocycles. The predicted octanol–water partition coefficient (Wildman–Crippen LogP) is 2.02. The molecule has 3 rings (SSSR count). The Balaban J connectivity index is 1.72. The van der Waals surface area contributed by atoms with Crippen LogP contribution in [0.4, 0.5) is 23.3 Å². The van der Waals surface area contributed by atoms with E-state index in [-0.39, 0.29) is 29.4 Å². The zero-order valence-corrected chi connectivity index (χ0v) is 21.3. The van der Waals surface area contributed by atoms with Crippen LogP contribution in [0, 0.1) is 34.0 Å². The molecule has 0 unspecified atom stereocenters. The summed E-state index contributed by atoms with van der Waals surface area (Å²) in [6, 6.07) is 7.57. The second-order valence-corrected chi connectivity index (χ2v) is 8.73. The van der Waals surface area contributed by atoms with E-state index in [9.17, 15) is 9.59 Å². The van der Waals surface area contributed by atoms with E-state index in [4.69, 9.17) is 21.7 Å². The van der Waals surface area contributed by atoms with Gasteiger partial charge in [0.05, 0.1) is 24.0 Å². The lowest BCUT2D eigenvalue weighted by atomic mass is 9.94. The number of hydrogen-bond acceptors (Lipinski definition) is 11. The average molecular weight is 518 g/mol. The summed E-state index contributed by atoms with van der Waals surface area (Å²) >= 11 is 0. The molecule has 0 radical (unpaired) electrons. The van der Waals surface area contributed by atoms with Gasteiger partial charge in [-0.3, -0.25) is 9.59 Å². The van der Waals surface area contributed by atoms with Gasteiger partial charge in [0.1, 0.15) is 29.3 Å². The van der Waals surface area contributed by atoms with Gasteiger partial charge in [-0.25, -0.2) is 9.97 Å². The first-order valence-electron chi connectivity index (χ1n) is 12.4. The number of primary amides is 1. The molecule has 3 heterocycles. The number of amides is 2. The van der Waals surface area contributed by atoms with Crippen molar-refractivity contribution in [1.82, 2.24) is 19.9 Å². The van der Waals surface area contributed by atoms with Gasteiger partial charge in [0.25, 0.3) is 5.91 Å². The Morgan fingerprint density at radius 2 is 2.03 bits per heavy atom. The number of piperidine rings is 1. The molecule has 2 aromatic rings. The van der Waals surface area contributed by atoms with Crippen molar-refractivity contribution in [3.63, 3.8) is 0 Å². The lowest BCUT2D eigenvalue weighted by Gasteiger charge is -2.31. The predicted molar refractivity (Wildman–Crippen MR) is 142 cm³/mol. The molecular formula is C25H31N11O2. The number of carbonyl (C=O) groups excluding carboxylic acids is 2. The maximum absolute atomic E-state index is 12.2. The summed E-state index contributed by atoms with van der Waals surface area (Å²) in [6.45, 7) is 4.59. The van der Waals surface area contributed by atoms with Crippen molar-refractivity contribution < 1.29 is 9.59 Å². The fraction of sp³-hybridized carbons (Fsp3) is 0.440. The Morgan fingerprint density at radius 3 is 2.61 bits per heavy atom. The number of carbonyl (C=O) groups is 2. The smallest absolute Gasteiger partial charge is 0.254 e. The molecule has 13 nitrogen and oxygen atoms in total. The number of nitriles is 2. The van der Waals surface area contributed by atoms with E-state index < -0.39 is 5.91 Å². The van der Waals surface area contributed by atoms with Crippen LogP contribution in [0.1, 0.15) is 48.7 Å². The van der Waals surface area contributed by atoms with Crippen LogP contribution < -0.4 is 21.3 Å². The average Bonchev–Trinajstić information content (AvgIpc) is 2.92. The van der Waals surface area contributed by atoms with Crippen molar-refractivity contribution in [3.05, 3.63) is 29.6 Å². The number of rotatable bonds is 12. The second-order valence-electron chi connectivity index (χ2n) is 8.73. The SMILES string of the molecule is CCN(CCNc1ccc(Nc2nc(N3CCC(CC#N)CC3)nc(C=N)c2C(N)=O)cn1)C(=O)CC#N. The lowest BCUT2D eigenvalue weighted by Crippen LogP contribution is -2.35. The molecule has 0 saturated carbocycles. The van der Waals surface area contributed by atoms with Crippen molar-refractivity contribution >= 4 is 41.3 Å². The van der Waals surface area contributed by atoms with E-state index in [1.54, 1.807) is 23.2 Å². The Hall–Kier alpha value is -4.78. The van der Waals surface area contributed by atoms with Gasteiger partial charge in [0, 0.05) is 45.4 Å². The van der Waals surface area contributed by atoms with Gasteiger partial charge in [-0.15, -0.1) is 0 Å². The molecular weight excluding hydrogens is 486 g/mol. The van der Waals surface area contributed by atoms with E-state index in [1.165, 1.54) is 0 Å². The van der Waals surface area contributed by atoms with Crippen LogP contribution in [0.3, 0.4) is 0 Å². The third-order valence-corrected chi connectivity index (χ3v) is 6.26. The Kier molecular flexibility index (Phi) is 9.88. The standard InChI is InChI=1S/C25H31N11O2/c1-2-35(21(37)6-10-27)14-11-30-20-4-3-18(16-31-20)32-24-22(23(29)38)19(15-28)33-25(34-24)36-12-7-17(5-9-26)8-13-36/h3-4,15-17,28H,2,5-8,11-14H2,1H3,(H2,29,38)(H,30,31)(H,32,33,34). The Bertz CT molecular complexity index is 1230. The summed E-state index contributed by atoms with van der Waals surface area (Å²) in [5.74, 6) is 0.499. The number of pyridine rings is 1. The van der Waals surface area contributed by atoms with E-state index in [0.717, 1.165) is 19.1 Å². The Labute approximate surface area is 221 Å². The molecule has 0 aliphatic carbocycles. The number of hydrogen-bond donors (Lipinski definition) is 4. The highest BCUT2D eigenvalue weighted by Crippen LogP contribution is 2.27. The first-order chi connectivity index (χ1) is 18.4. The summed E-state index contributed by atoms with van der Waals surface area (Å²) in [5.41, 5.74) is 6.27. The Morgan fingerprint density at radius 1 is 1.26 bits per heavy atom. The molecule has 38 heavy (non-hydrogen) atoms. The maximum Gasteiger partial charge on any atom is 0.254 e. The third kappa shape index (κ3) is 7.13. The highest BCUT2D eigenvalue weighted by atomic mass is 16.2. The van der Waals surface area contributed by atoms with Crippen molar-refractivity contribution in [2.24, 2.45) is 11.7 Å². The zero-order valence-electron chi connectivity index (χ0n) is 21.3. The molecule has 2 aromatic heterocycles. The topological polar surface area (TPSA) is 201 Å². The van der Waals surface area contributed by atoms with E-state index in [0.29, 0.717) is 62.5 Å². The monoisotopic (exact) mass is 517 g/mol. The number of likely N-dealkylation sites (N-methyl/N-ethyl adjacent to an activating group) is 1. The van der Waals surface area contributed by atoms with Crippen LogP contribution >= 0.6 is 0 Å². The molecule has 1 fully saturated rings. The molecule has 1 aliphatic heterocycles. The molecule has 0 spiro atoms. The van der Waals surface area contributed by atoms with Crippen molar-refractivity contribution in [2.45, 2.75) is 32.6 Å². The zero-order chi connectivity index (χ0) is 27.5. The van der Waals surface area contributed by atoms with Crippen LogP contribution in [-0.4, -0.2) is 70.6 Å². The minimum Gasteiger partial charge on any atom is -0.368 e. The first-order valence-corrected chi connectivity index (χ1v) is 12.4. The molecule has 1 aliphatic rings. The van der Waals surface area contributed by atoms with Crippen LogP contribution in [-0.2, 0) is 4.79 Å². The van der Waals surface area contributed by atoms with Gasteiger partial charge < -0.3 is 31.6 Å². The van der Waals surface area contributed by atoms with E-state index in [2.05, 4.69) is 31.7 Å². The molecule has 0 bridgehead atoms. The largest absolute Gasteiger partial charge is 0.368 e. The number of anilines is 4. The first kappa shape index (κ1) is 27.8. The molecule has 0 aromatic carbocycles. The van der Waals surface area contributed by atoms with Crippen LogP contribution in [0.5, 0.6) is 0 Å². The quantitative estimate of drug-likeness (QED) is 0.302. The summed E-state index contributed by atoms with van der Waals surface area (Å²) in [4.78, 5) is 41.0. The van der Waals surface area contributed by atoms with Crippen LogP contribution in [0.25, 0.3) is 0 Å². The number of aromatic nitrogens is 3. The number of nitrogens with one attached hydrogen (secondary N) is 3. The highest BCUT2D eigenvalue weighted by molar-refractivity contribution is 6.04. The van der Waals surface area contributed by atoms with Gasteiger partial charge in [-0.2, -0.15) is 15.5 Å². The van der Waals surface area contributed by atoms with Gasteiger partial charge in [0.2, 0.25) is 11.9 Å². The minimum atomic E-state index is -0.761. The molecule has 5 N–H and O–H groups in total. The molecule has 13 heteroatoms. The summed E-state index contributed by atoms with van der Waals surface area (Å²) < 4.78 is 0. The second kappa shape index (κ2) is 13.5. The van der Waals surface area contributed by atoms with Crippen LogP contribution in [0.2, 0.25) is 0 Å². The van der Waals surface area contributed by atoms with E-state index >= 15 is 0 Å². The third-order valence-electron chi connectivity index (χ3n) is 6.26. The fourth-order valence-corrected chi connectivity index (χ4v) is 4.18. The lowest BCUT2D eigenvalue weighted by molar-refractivity contribution is -0.129. The van der Waals surface area contributed by atoms with Crippen molar-refractivity contribution in [2.75, 3.05) is 48.3 Å². The van der Waals surface area contributed by atoms with Crippen molar-refractivity contribution in [3.8, 4) is 12.1 Å². The van der Waals surface area contributed by atoms with Gasteiger partial charge in [0.15, 0.2) is 0 Å². The summed E-state index contributed by atoms with van der Waals surface area (Å²) in [6.07, 6.45) is 4.57. The normalized spacial score (nSPS) is 13.2. The maximum atomic E-state index is 12.2. The number of nitrogens with zero attached hydrogens (tertiary/aromatic N) is 7. The molecule has 2 amide bonds. The van der Waals surface area contributed by atoms with Gasteiger partial charge >= 0.3 is 0 Å². The van der Waals surface area contributed by atoms with E-state index in [1.807, 2.05) is 17.9 Å². The molecule has 198 valence electrons. The highest BCUT2D eigenvalue weighted by Gasteiger charge is 2.24. The molecule has 0 atom stereocenters. The van der Waals surface area contributed by atoms with Crippen molar-refractivity contribution in [1.29, 1.82) is 15.9 Å².